The molecule has 25 heavy (non-hydrogen) atoms. The van der Waals surface area contributed by atoms with Crippen molar-refractivity contribution in [3.05, 3.63) is 51.7 Å². The highest BCUT2D eigenvalue weighted by Gasteiger charge is 2.24. The van der Waals surface area contributed by atoms with Crippen molar-refractivity contribution in [2.75, 3.05) is 0 Å². The van der Waals surface area contributed by atoms with Crippen molar-refractivity contribution in [2.45, 2.75) is 38.1 Å². The minimum atomic E-state index is -0.695. The quantitative estimate of drug-likeness (QED) is 0.757. The van der Waals surface area contributed by atoms with Gasteiger partial charge in [-0.2, -0.15) is 0 Å². The predicted molar refractivity (Wildman–Crippen MR) is 91.8 cm³/mol. The highest BCUT2D eigenvalue weighted by Crippen LogP contribution is 2.32. The van der Waals surface area contributed by atoms with Gasteiger partial charge in [-0.05, 0) is 30.5 Å². The monoisotopic (exact) mass is 363 g/mol. The minimum Gasteiger partial charge on any atom is -0.501 e. The molecule has 1 aliphatic rings. The van der Waals surface area contributed by atoms with Crippen molar-refractivity contribution in [2.24, 2.45) is 0 Å². The summed E-state index contributed by atoms with van der Waals surface area (Å²) in [6.45, 7) is 0.180. The summed E-state index contributed by atoms with van der Waals surface area (Å²) in [7, 11) is 0. The van der Waals surface area contributed by atoms with Crippen LogP contribution in [0.2, 0.25) is 0 Å². The lowest BCUT2D eigenvalue weighted by molar-refractivity contribution is 0.0942. The molecular formula is C17H18ClN3O4. The standard InChI is InChI=1S/C17H18ClN3O4/c18-25-12-7-3-4-10(8-12)9-19-16(23)13-14(22)17(24)21-15(20-13)11-5-1-2-6-11/h3-4,7-8,11,22H,1-2,5-6,9H2,(H,19,23)(H,20,21,24). The molecule has 1 heterocycles. The molecule has 2 aromatic rings. The van der Waals surface area contributed by atoms with Crippen LogP contribution in [-0.4, -0.2) is 21.0 Å². The van der Waals surface area contributed by atoms with Gasteiger partial charge in [0.2, 0.25) is 5.75 Å². The van der Waals surface area contributed by atoms with E-state index in [1.807, 2.05) is 0 Å². The number of H-pyrrole nitrogens is 1. The van der Waals surface area contributed by atoms with Crippen LogP contribution >= 0.6 is 11.9 Å². The summed E-state index contributed by atoms with van der Waals surface area (Å²) in [5.74, 6) is -0.244. The second-order valence-corrected chi connectivity index (χ2v) is 6.19. The van der Waals surface area contributed by atoms with E-state index in [0.717, 1.165) is 31.2 Å². The lowest BCUT2D eigenvalue weighted by Gasteiger charge is -2.11. The molecule has 7 nitrogen and oxygen atoms in total. The molecule has 0 saturated heterocycles. The fourth-order valence-electron chi connectivity index (χ4n) is 3.00. The molecule has 132 valence electrons. The number of hydrogen-bond donors (Lipinski definition) is 3. The van der Waals surface area contributed by atoms with Crippen LogP contribution in [0.5, 0.6) is 11.5 Å². The van der Waals surface area contributed by atoms with Crippen LogP contribution < -0.4 is 15.2 Å². The Labute approximate surface area is 149 Å². The number of carbonyl (C=O) groups is 1. The molecule has 0 atom stereocenters. The smallest absolute Gasteiger partial charge is 0.293 e. The van der Waals surface area contributed by atoms with E-state index < -0.39 is 17.2 Å². The lowest BCUT2D eigenvalue weighted by Crippen LogP contribution is -2.27. The number of rotatable bonds is 5. The Bertz CT molecular complexity index is 831. The number of benzene rings is 1. The van der Waals surface area contributed by atoms with Crippen LogP contribution in [0.1, 0.15) is 53.5 Å². The van der Waals surface area contributed by atoms with Gasteiger partial charge in [0.1, 0.15) is 23.4 Å². The van der Waals surface area contributed by atoms with Gasteiger partial charge < -0.3 is 19.7 Å². The Morgan fingerprint density at radius 3 is 2.88 bits per heavy atom. The van der Waals surface area contributed by atoms with E-state index in [1.54, 1.807) is 24.3 Å². The van der Waals surface area contributed by atoms with Crippen molar-refractivity contribution in [1.29, 1.82) is 0 Å². The summed E-state index contributed by atoms with van der Waals surface area (Å²) in [6, 6.07) is 6.87. The Morgan fingerprint density at radius 1 is 1.40 bits per heavy atom. The molecule has 8 heteroatoms. The van der Waals surface area contributed by atoms with Gasteiger partial charge in [-0.25, -0.2) is 4.98 Å². The third-order valence-electron chi connectivity index (χ3n) is 4.31. The summed E-state index contributed by atoms with van der Waals surface area (Å²) in [5.41, 5.74) is -0.193. The van der Waals surface area contributed by atoms with Gasteiger partial charge in [0.05, 0.1) is 0 Å². The first-order valence-corrected chi connectivity index (χ1v) is 8.38. The van der Waals surface area contributed by atoms with E-state index >= 15 is 0 Å². The summed E-state index contributed by atoms with van der Waals surface area (Å²) in [4.78, 5) is 31.1. The summed E-state index contributed by atoms with van der Waals surface area (Å²) in [6.07, 6.45) is 3.96. The predicted octanol–water partition coefficient (Wildman–Crippen LogP) is 2.60. The maximum atomic E-state index is 12.4. The molecular weight excluding hydrogens is 346 g/mol. The molecule has 0 radical (unpaired) electrons. The molecule has 1 amide bonds. The minimum absolute atomic E-state index is 0.123. The van der Waals surface area contributed by atoms with E-state index in [-0.39, 0.29) is 18.2 Å². The molecule has 0 aliphatic heterocycles. The van der Waals surface area contributed by atoms with Gasteiger partial charge in [0, 0.05) is 12.5 Å². The number of nitrogens with one attached hydrogen (secondary N) is 2. The third-order valence-corrected chi connectivity index (χ3v) is 4.49. The summed E-state index contributed by atoms with van der Waals surface area (Å²) < 4.78 is 4.62. The fraction of sp³-hybridized carbons (Fsp3) is 0.353. The molecule has 3 N–H and O–H groups in total. The van der Waals surface area contributed by atoms with Gasteiger partial charge >= 0.3 is 0 Å². The highest BCUT2D eigenvalue weighted by molar-refractivity contribution is 6.09. The summed E-state index contributed by atoms with van der Waals surface area (Å²) >= 11 is 5.31. The second kappa shape index (κ2) is 7.57. The van der Waals surface area contributed by atoms with Gasteiger partial charge in [-0.15, -0.1) is 0 Å². The summed E-state index contributed by atoms with van der Waals surface area (Å²) in [5, 5.41) is 12.5. The maximum absolute atomic E-state index is 12.4. The molecule has 1 aromatic heterocycles. The van der Waals surface area contributed by atoms with E-state index in [4.69, 9.17) is 11.9 Å². The molecule has 0 spiro atoms. The highest BCUT2D eigenvalue weighted by atomic mass is 35.5. The number of nitrogens with zero attached hydrogens (tertiary/aromatic N) is 1. The zero-order valence-electron chi connectivity index (χ0n) is 13.4. The largest absolute Gasteiger partial charge is 0.501 e. The average Bonchev–Trinajstić information content (AvgIpc) is 3.16. The number of aromatic nitrogens is 2. The van der Waals surface area contributed by atoms with Crippen LogP contribution in [0.15, 0.2) is 29.1 Å². The third kappa shape index (κ3) is 3.93. The molecule has 1 fully saturated rings. The molecule has 0 bridgehead atoms. The van der Waals surface area contributed by atoms with E-state index in [9.17, 15) is 14.7 Å². The van der Waals surface area contributed by atoms with Crippen molar-refractivity contribution >= 4 is 17.8 Å². The van der Waals surface area contributed by atoms with Gasteiger partial charge in [-0.3, -0.25) is 9.59 Å². The first-order chi connectivity index (χ1) is 12.1. The van der Waals surface area contributed by atoms with Crippen LogP contribution in [0.25, 0.3) is 0 Å². The maximum Gasteiger partial charge on any atom is 0.293 e. The Morgan fingerprint density at radius 2 is 2.16 bits per heavy atom. The van der Waals surface area contributed by atoms with Gasteiger partial charge in [0.15, 0.2) is 5.69 Å². The van der Waals surface area contributed by atoms with Crippen molar-refractivity contribution in [3.8, 4) is 11.5 Å². The molecule has 1 aliphatic carbocycles. The Hall–Kier alpha value is -2.54. The fourth-order valence-corrected chi connectivity index (χ4v) is 3.10. The van der Waals surface area contributed by atoms with Crippen LogP contribution in [-0.2, 0) is 6.54 Å². The van der Waals surface area contributed by atoms with Crippen LogP contribution in [0.3, 0.4) is 0 Å². The van der Waals surface area contributed by atoms with Gasteiger partial charge in [-0.1, -0.05) is 25.0 Å². The van der Waals surface area contributed by atoms with Gasteiger partial charge in [0.25, 0.3) is 11.5 Å². The average molecular weight is 364 g/mol. The number of carbonyl (C=O) groups excluding carboxylic acids is 1. The van der Waals surface area contributed by atoms with Crippen molar-refractivity contribution in [1.82, 2.24) is 15.3 Å². The molecule has 1 aromatic carbocycles. The number of aromatic amines is 1. The second-order valence-electron chi connectivity index (χ2n) is 6.04. The molecule has 0 unspecified atom stereocenters. The first kappa shape index (κ1) is 17.3. The zero-order chi connectivity index (χ0) is 17.8. The van der Waals surface area contributed by atoms with E-state index in [1.165, 1.54) is 0 Å². The molecule has 3 rings (SSSR count). The van der Waals surface area contributed by atoms with Crippen molar-refractivity contribution < 1.29 is 14.2 Å². The van der Waals surface area contributed by atoms with Crippen LogP contribution in [0, 0.1) is 0 Å². The number of halogens is 1. The first-order valence-electron chi connectivity index (χ1n) is 8.07. The topological polar surface area (TPSA) is 104 Å². The number of aromatic hydroxyl groups is 1. The Kier molecular flexibility index (Phi) is 5.23. The Balaban J connectivity index is 1.77. The lowest BCUT2D eigenvalue weighted by atomic mass is 10.1. The zero-order valence-corrected chi connectivity index (χ0v) is 14.2. The normalized spacial score (nSPS) is 14.4. The van der Waals surface area contributed by atoms with Crippen molar-refractivity contribution in [3.63, 3.8) is 0 Å². The van der Waals surface area contributed by atoms with E-state index in [0.29, 0.717) is 11.6 Å². The molecule has 1 saturated carbocycles. The number of hydrogen-bond acceptors (Lipinski definition) is 5. The van der Waals surface area contributed by atoms with Crippen LogP contribution in [0.4, 0.5) is 0 Å². The SMILES string of the molecule is O=C(NCc1cccc(OCl)c1)c1nc(C2CCCC2)[nH]c(=O)c1O. The number of amides is 1. The van der Waals surface area contributed by atoms with E-state index in [2.05, 4.69) is 19.6 Å².